The predicted molar refractivity (Wildman–Crippen MR) is 126 cm³/mol. The van der Waals surface area contributed by atoms with Gasteiger partial charge in [0.25, 0.3) is 5.91 Å². The molecule has 30 heavy (non-hydrogen) atoms. The number of fused-ring (bicyclic) bond motifs is 1. The van der Waals surface area contributed by atoms with Gasteiger partial charge in [0.05, 0.1) is 11.4 Å². The van der Waals surface area contributed by atoms with Gasteiger partial charge < -0.3 is 4.90 Å². The van der Waals surface area contributed by atoms with Crippen LogP contribution in [0.4, 0.5) is 11.4 Å². The lowest BCUT2D eigenvalue weighted by Crippen LogP contribution is -2.29. The Morgan fingerprint density at radius 1 is 1.07 bits per heavy atom. The summed E-state index contributed by atoms with van der Waals surface area (Å²) >= 11 is 9.16. The van der Waals surface area contributed by atoms with Crippen molar-refractivity contribution in [3.05, 3.63) is 63.0 Å². The molecule has 2 heterocycles. The number of halogens is 1. The summed E-state index contributed by atoms with van der Waals surface area (Å²) in [4.78, 5) is 35.2. The van der Waals surface area contributed by atoms with E-state index >= 15 is 0 Å². The highest BCUT2D eigenvalue weighted by Gasteiger charge is 2.39. The fourth-order valence-electron chi connectivity index (χ4n) is 3.34. The Morgan fingerprint density at radius 3 is 2.53 bits per heavy atom. The number of hydrogen-bond acceptors (Lipinski definition) is 6. The summed E-state index contributed by atoms with van der Waals surface area (Å²) in [5.41, 5.74) is 2.28. The van der Waals surface area contributed by atoms with Gasteiger partial charge in [-0.2, -0.15) is 0 Å². The van der Waals surface area contributed by atoms with Gasteiger partial charge in [-0.3, -0.25) is 14.5 Å². The first-order valence-corrected chi connectivity index (χ1v) is 11.6. The molecule has 2 aromatic rings. The Labute approximate surface area is 189 Å². The smallest absolute Gasteiger partial charge is 0.269 e. The molecule has 0 spiro atoms. The van der Waals surface area contributed by atoms with Gasteiger partial charge in [-0.1, -0.05) is 35.5 Å². The minimum Gasteiger partial charge on any atom is -0.334 e. The summed E-state index contributed by atoms with van der Waals surface area (Å²) in [6, 6.07) is 12.9. The summed E-state index contributed by atoms with van der Waals surface area (Å²) in [6.45, 7) is 6.76. The lowest BCUT2D eigenvalue weighted by Gasteiger charge is -2.19. The SMILES string of the molecule is CCN1C(=O)/C(=C2/Sc3ccc(Cl)cc3N2CC)SC1=Nc1cccc(C(C)=O)c1. The molecule has 2 aliphatic rings. The van der Waals surface area contributed by atoms with E-state index in [0.717, 1.165) is 22.2 Å². The van der Waals surface area contributed by atoms with Crippen molar-refractivity contribution in [3.8, 4) is 0 Å². The largest absolute Gasteiger partial charge is 0.334 e. The number of hydrogen-bond donors (Lipinski definition) is 0. The number of ketones is 1. The summed E-state index contributed by atoms with van der Waals surface area (Å²) in [6.07, 6.45) is 0. The van der Waals surface area contributed by atoms with Gasteiger partial charge in [-0.15, -0.1) is 0 Å². The number of nitrogens with zero attached hydrogens (tertiary/aromatic N) is 3. The van der Waals surface area contributed by atoms with Crippen LogP contribution in [0.3, 0.4) is 0 Å². The van der Waals surface area contributed by atoms with E-state index in [1.807, 2.05) is 31.2 Å². The third kappa shape index (κ3) is 3.77. The quantitative estimate of drug-likeness (QED) is 0.421. The third-order valence-corrected chi connectivity index (χ3v) is 7.44. The highest BCUT2D eigenvalue weighted by molar-refractivity contribution is 8.19. The number of rotatable bonds is 4. The van der Waals surface area contributed by atoms with Crippen LogP contribution in [0.2, 0.25) is 5.02 Å². The van der Waals surface area contributed by atoms with Gasteiger partial charge in [0.15, 0.2) is 11.0 Å². The van der Waals surface area contributed by atoms with Crippen molar-refractivity contribution in [2.75, 3.05) is 18.0 Å². The highest BCUT2D eigenvalue weighted by atomic mass is 35.5. The molecule has 2 aliphatic heterocycles. The molecule has 8 heteroatoms. The van der Waals surface area contributed by atoms with E-state index in [0.29, 0.717) is 32.9 Å². The molecule has 0 unspecified atom stereocenters. The van der Waals surface area contributed by atoms with E-state index in [2.05, 4.69) is 16.8 Å². The first-order chi connectivity index (χ1) is 14.4. The summed E-state index contributed by atoms with van der Waals surface area (Å²) < 4.78 is 0. The minimum atomic E-state index is -0.0520. The first-order valence-electron chi connectivity index (χ1n) is 9.61. The normalized spacial score (nSPS) is 19.7. The van der Waals surface area contributed by atoms with Crippen LogP contribution in [0.15, 0.2) is 62.3 Å². The molecule has 0 aromatic heterocycles. The van der Waals surface area contributed by atoms with E-state index in [4.69, 9.17) is 11.6 Å². The Hall–Kier alpha value is -2.22. The number of amides is 1. The fraction of sp³-hybridized carbons (Fsp3) is 0.227. The number of aliphatic imine (C=N–C) groups is 1. The van der Waals surface area contributed by atoms with E-state index in [9.17, 15) is 9.59 Å². The first kappa shape index (κ1) is 21.0. The highest BCUT2D eigenvalue weighted by Crippen LogP contribution is 2.51. The molecule has 0 N–H and O–H groups in total. The van der Waals surface area contributed by atoms with Crippen LogP contribution >= 0.6 is 35.1 Å². The second-order valence-electron chi connectivity index (χ2n) is 6.75. The van der Waals surface area contributed by atoms with Crippen molar-refractivity contribution in [2.24, 2.45) is 4.99 Å². The molecule has 0 saturated carbocycles. The zero-order chi connectivity index (χ0) is 21.4. The molecule has 0 aliphatic carbocycles. The van der Waals surface area contributed by atoms with Crippen molar-refractivity contribution >= 4 is 63.4 Å². The van der Waals surface area contributed by atoms with Crippen LogP contribution in [0, 0.1) is 0 Å². The van der Waals surface area contributed by atoms with Crippen LogP contribution in [-0.4, -0.2) is 34.8 Å². The van der Waals surface area contributed by atoms with E-state index in [1.54, 1.807) is 34.9 Å². The molecule has 4 rings (SSSR count). The summed E-state index contributed by atoms with van der Waals surface area (Å²) in [5, 5.41) is 2.20. The van der Waals surface area contributed by atoms with E-state index in [1.165, 1.54) is 18.7 Å². The summed E-state index contributed by atoms with van der Waals surface area (Å²) in [5.74, 6) is -0.0662. The Balaban J connectivity index is 1.74. The van der Waals surface area contributed by atoms with Crippen molar-refractivity contribution in [1.82, 2.24) is 4.90 Å². The Bertz CT molecular complexity index is 1110. The van der Waals surface area contributed by atoms with Crippen LogP contribution in [-0.2, 0) is 4.79 Å². The van der Waals surface area contributed by atoms with Gasteiger partial charge in [0, 0.05) is 28.6 Å². The number of amidine groups is 1. The molecular formula is C22H20ClN3O2S2. The number of thioether (sulfide) groups is 2. The average Bonchev–Trinajstić information content (AvgIpc) is 3.24. The molecular weight excluding hydrogens is 438 g/mol. The van der Waals surface area contributed by atoms with Crippen LogP contribution in [0.1, 0.15) is 31.1 Å². The number of Topliss-reactive ketones (excluding diaryl/α,β-unsaturated/α-hetero) is 1. The minimum absolute atomic E-state index is 0.0141. The van der Waals surface area contributed by atoms with Gasteiger partial charge >= 0.3 is 0 Å². The topological polar surface area (TPSA) is 53.0 Å². The lowest BCUT2D eigenvalue weighted by molar-refractivity contribution is -0.122. The second kappa shape index (κ2) is 8.49. The number of carbonyl (C=O) groups is 2. The van der Waals surface area contributed by atoms with E-state index in [-0.39, 0.29) is 11.7 Å². The molecule has 1 fully saturated rings. The van der Waals surface area contributed by atoms with Crippen molar-refractivity contribution in [3.63, 3.8) is 0 Å². The van der Waals surface area contributed by atoms with Crippen molar-refractivity contribution in [1.29, 1.82) is 0 Å². The zero-order valence-corrected chi connectivity index (χ0v) is 19.2. The lowest BCUT2D eigenvalue weighted by atomic mass is 10.1. The van der Waals surface area contributed by atoms with Crippen LogP contribution in [0.25, 0.3) is 0 Å². The van der Waals surface area contributed by atoms with Crippen LogP contribution < -0.4 is 4.90 Å². The number of likely N-dealkylation sites (N-methyl/N-ethyl adjacent to an activating group) is 1. The van der Waals surface area contributed by atoms with E-state index < -0.39 is 0 Å². The Kier molecular flexibility index (Phi) is 5.95. The number of anilines is 1. The number of benzene rings is 2. The molecule has 5 nitrogen and oxygen atoms in total. The molecule has 1 saturated heterocycles. The van der Waals surface area contributed by atoms with Gasteiger partial charge in [-0.05, 0) is 62.9 Å². The predicted octanol–water partition coefficient (Wildman–Crippen LogP) is 5.93. The molecule has 0 atom stereocenters. The second-order valence-corrected chi connectivity index (χ2v) is 9.19. The van der Waals surface area contributed by atoms with Crippen molar-refractivity contribution in [2.45, 2.75) is 25.7 Å². The molecule has 1 amide bonds. The van der Waals surface area contributed by atoms with Crippen molar-refractivity contribution < 1.29 is 9.59 Å². The standard InChI is InChI=1S/C22H20ClN3O2S2/c1-4-25-17-12-15(23)9-10-18(17)29-21(25)19-20(28)26(5-2)22(30-19)24-16-8-6-7-14(11-16)13(3)27/h6-12H,4-5H2,1-3H3/b21-19-,24-22?. The molecule has 154 valence electrons. The summed E-state index contributed by atoms with van der Waals surface area (Å²) in [7, 11) is 0. The number of carbonyl (C=O) groups excluding carboxylic acids is 2. The maximum atomic E-state index is 13.2. The zero-order valence-electron chi connectivity index (χ0n) is 16.8. The fourth-order valence-corrected chi connectivity index (χ4v) is 5.94. The maximum absolute atomic E-state index is 13.2. The van der Waals surface area contributed by atoms with Gasteiger partial charge in [0.1, 0.15) is 9.93 Å². The van der Waals surface area contributed by atoms with Gasteiger partial charge in [0.2, 0.25) is 0 Å². The monoisotopic (exact) mass is 457 g/mol. The molecule has 2 aromatic carbocycles. The van der Waals surface area contributed by atoms with Crippen LogP contribution in [0.5, 0.6) is 0 Å². The maximum Gasteiger partial charge on any atom is 0.269 e. The molecule has 0 bridgehead atoms. The third-order valence-electron chi connectivity index (χ3n) is 4.83. The molecule has 0 radical (unpaired) electrons. The Morgan fingerprint density at radius 2 is 1.83 bits per heavy atom. The van der Waals surface area contributed by atoms with Gasteiger partial charge in [-0.25, -0.2) is 4.99 Å². The average molecular weight is 458 g/mol.